The van der Waals surface area contributed by atoms with Gasteiger partial charge in [0.05, 0.1) is 0 Å². The molecule has 1 aromatic heterocycles. The summed E-state index contributed by atoms with van der Waals surface area (Å²) in [6, 6.07) is 3.49. The summed E-state index contributed by atoms with van der Waals surface area (Å²) in [5.74, 6) is 0.913. The summed E-state index contributed by atoms with van der Waals surface area (Å²) >= 11 is 0. The van der Waals surface area contributed by atoms with E-state index >= 15 is 0 Å². The van der Waals surface area contributed by atoms with Crippen molar-refractivity contribution >= 4 is 5.91 Å². The highest BCUT2D eigenvalue weighted by Crippen LogP contribution is 2.25. The van der Waals surface area contributed by atoms with Gasteiger partial charge in [0.15, 0.2) is 0 Å². The predicted molar refractivity (Wildman–Crippen MR) is 86.6 cm³/mol. The van der Waals surface area contributed by atoms with E-state index in [9.17, 15) is 9.59 Å². The molecular formula is C18H24N2O2. The Bertz CT molecular complexity index is 589. The van der Waals surface area contributed by atoms with Crippen LogP contribution in [0.25, 0.3) is 0 Å². The van der Waals surface area contributed by atoms with E-state index in [1.807, 2.05) is 17.2 Å². The molecule has 3 rings (SSSR count). The van der Waals surface area contributed by atoms with Crippen LogP contribution in [0.1, 0.15) is 44.1 Å². The number of nitrogens with zero attached hydrogens (tertiary/aromatic N) is 1. The fourth-order valence-electron chi connectivity index (χ4n) is 3.49. The van der Waals surface area contributed by atoms with Crippen molar-refractivity contribution in [3.63, 3.8) is 0 Å². The minimum atomic E-state index is -0.0506. The van der Waals surface area contributed by atoms with E-state index in [1.54, 1.807) is 6.07 Å². The Kier molecular flexibility index (Phi) is 4.76. The molecule has 1 saturated heterocycles. The van der Waals surface area contributed by atoms with E-state index < -0.39 is 0 Å². The topological polar surface area (TPSA) is 53.2 Å². The van der Waals surface area contributed by atoms with Crippen LogP contribution in [0.4, 0.5) is 0 Å². The molecule has 0 radical (unpaired) electrons. The summed E-state index contributed by atoms with van der Waals surface area (Å²) in [6.45, 7) is 1.75. The average Bonchev–Trinajstić information content (AvgIpc) is 3.03. The molecule has 4 nitrogen and oxygen atoms in total. The number of allylic oxidation sites excluding steroid dienone is 1. The number of hydrogen-bond donors (Lipinski definition) is 1. The van der Waals surface area contributed by atoms with Crippen LogP contribution in [0.3, 0.4) is 0 Å². The van der Waals surface area contributed by atoms with Gasteiger partial charge in [-0.15, -0.1) is 0 Å². The van der Waals surface area contributed by atoms with E-state index in [4.69, 9.17) is 0 Å². The number of nitrogens with one attached hydrogen (secondary N) is 1. The number of aromatic amines is 1. The third-order valence-electron chi connectivity index (χ3n) is 4.85. The van der Waals surface area contributed by atoms with Crippen LogP contribution >= 0.6 is 0 Å². The summed E-state index contributed by atoms with van der Waals surface area (Å²) in [4.78, 5) is 28.1. The maximum atomic E-state index is 12.3. The lowest BCUT2D eigenvalue weighted by atomic mass is 9.90. The van der Waals surface area contributed by atoms with Crippen LogP contribution in [-0.2, 0) is 11.2 Å². The Morgan fingerprint density at radius 3 is 2.73 bits per heavy atom. The van der Waals surface area contributed by atoms with Gasteiger partial charge in [0, 0.05) is 31.8 Å². The fourth-order valence-corrected chi connectivity index (χ4v) is 3.49. The van der Waals surface area contributed by atoms with Gasteiger partial charge in [-0.05, 0) is 50.0 Å². The largest absolute Gasteiger partial charge is 0.342 e. The van der Waals surface area contributed by atoms with Gasteiger partial charge in [-0.2, -0.15) is 0 Å². The molecule has 0 spiro atoms. The van der Waals surface area contributed by atoms with Crippen molar-refractivity contribution in [1.29, 1.82) is 0 Å². The molecule has 2 heterocycles. The molecule has 2 aliphatic rings. The van der Waals surface area contributed by atoms with Crippen molar-refractivity contribution in [2.45, 2.75) is 44.9 Å². The van der Waals surface area contributed by atoms with Gasteiger partial charge in [-0.25, -0.2) is 0 Å². The minimum absolute atomic E-state index is 0.0506. The van der Waals surface area contributed by atoms with Crippen molar-refractivity contribution in [2.24, 2.45) is 5.92 Å². The monoisotopic (exact) mass is 300 g/mol. The molecule has 0 bridgehead atoms. The Balaban J connectivity index is 1.46. The van der Waals surface area contributed by atoms with Crippen LogP contribution in [0, 0.1) is 5.92 Å². The first-order valence-electron chi connectivity index (χ1n) is 8.34. The van der Waals surface area contributed by atoms with Crippen LogP contribution in [-0.4, -0.2) is 28.9 Å². The third kappa shape index (κ3) is 3.87. The second-order valence-corrected chi connectivity index (χ2v) is 6.52. The standard InChI is InChI=1S/C18H24N2O2/c21-17-6-5-16(13-19-17)11-15-7-9-20(10-8-15)18(22)12-14-3-1-2-4-14/h3,5-6,13,15H,1-2,4,7-12H2,(H,19,21). The lowest BCUT2D eigenvalue weighted by Gasteiger charge is -2.32. The number of likely N-dealkylation sites (tertiary alicyclic amines) is 1. The second-order valence-electron chi connectivity index (χ2n) is 6.52. The number of H-pyrrole nitrogens is 1. The minimum Gasteiger partial charge on any atom is -0.342 e. The molecule has 0 saturated carbocycles. The van der Waals surface area contributed by atoms with Crippen molar-refractivity contribution in [1.82, 2.24) is 9.88 Å². The quantitative estimate of drug-likeness (QED) is 0.869. The normalized spacial score (nSPS) is 19.3. The summed E-state index contributed by atoms with van der Waals surface area (Å²) < 4.78 is 0. The molecule has 118 valence electrons. The zero-order chi connectivity index (χ0) is 15.4. The third-order valence-corrected chi connectivity index (χ3v) is 4.85. The fraction of sp³-hybridized carbons (Fsp3) is 0.556. The summed E-state index contributed by atoms with van der Waals surface area (Å²) in [5.41, 5.74) is 2.46. The number of rotatable bonds is 4. The maximum Gasteiger partial charge on any atom is 0.247 e. The SMILES string of the molecule is O=C(CC1=CCCC1)N1CCC(Cc2ccc(=O)[nH]c2)CC1. The first kappa shape index (κ1) is 15.1. The van der Waals surface area contributed by atoms with Crippen molar-refractivity contribution in [2.75, 3.05) is 13.1 Å². The molecular weight excluding hydrogens is 276 g/mol. The number of amides is 1. The van der Waals surface area contributed by atoms with Gasteiger partial charge in [0.25, 0.3) is 0 Å². The van der Waals surface area contributed by atoms with Crippen molar-refractivity contribution in [3.8, 4) is 0 Å². The lowest BCUT2D eigenvalue weighted by Crippen LogP contribution is -2.39. The first-order chi connectivity index (χ1) is 10.7. The molecule has 0 unspecified atom stereocenters. The Labute approximate surface area is 131 Å². The van der Waals surface area contributed by atoms with Gasteiger partial charge in [-0.3, -0.25) is 9.59 Å². The number of piperidine rings is 1. The highest BCUT2D eigenvalue weighted by molar-refractivity contribution is 5.78. The second kappa shape index (κ2) is 6.95. The van der Waals surface area contributed by atoms with E-state index in [2.05, 4.69) is 11.1 Å². The Hall–Kier alpha value is -1.84. The smallest absolute Gasteiger partial charge is 0.247 e. The highest BCUT2D eigenvalue weighted by Gasteiger charge is 2.23. The lowest BCUT2D eigenvalue weighted by molar-refractivity contribution is -0.131. The Morgan fingerprint density at radius 2 is 2.09 bits per heavy atom. The molecule has 1 aromatic rings. The average molecular weight is 300 g/mol. The predicted octanol–water partition coefficient (Wildman–Crippen LogP) is 2.66. The molecule has 0 aromatic carbocycles. The summed E-state index contributed by atoms with van der Waals surface area (Å²) in [7, 11) is 0. The molecule has 1 N–H and O–H groups in total. The molecule has 1 aliphatic carbocycles. The Morgan fingerprint density at radius 1 is 1.27 bits per heavy atom. The van der Waals surface area contributed by atoms with Crippen LogP contribution in [0.5, 0.6) is 0 Å². The van der Waals surface area contributed by atoms with Crippen molar-refractivity contribution in [3.05, 3.63) is 45.9 Å². The van der Waals surface area contributed by atoms with E-state index in [-0.39, 0.29) is 5.56 Å². The zero-order valence-electron chi connectivity index (χ0n) is 13.0. The number of pyridine rings is 1. The van der Waals surface area contributed by atoms with Crippen LogP contribution in [0.15, 0.2) is 34.8 Å². The molecule has 22 heavy (non-hydrogen) atoms. The van der Waals surface area contributed by atoms with E-state index in [0.717, 1.165) is 45.2 Å². The molecule has 0 atom stereocenters. The molecule has 4 heteroatoms. The summed E-state index contributed by atoms with van der Waals surface area (Å²) in [6.07, 6.45) is 11.2. The van der Waals surface area contributed by atoms with Gasteiger partial charge in [0.2, 0.25) is 11.5 Å². The zero-order valence-corrected chi connectivity index (χ0v) is 13.0. The maximum absolute atomic E-state index is 12.3. The number of carbonyl (C=O) groups excluding carboxylic acids is 1. The number of aromatic nitrogens is 1. The van der Waals surface area contributed by atoms with Gasteiger partial charge in [-0.1, -0.05) is 17.7 Å². The number of carbonyl (C=O) groups is 1. The van der Waals surface area contributed by atoms with E-state index in [1.165, 1.54) is 17.6 Å². The van der Waals surface area contributed by atoms with Crippen LogP contribution in [0.2, 0.25) is 0 Å². The first-order valence-corrected chi connectivity index (χ1v) is 8.34. The molecule has 1 aliphatic heterocycles. The molecule has 1 fully saturated rings. The molecule has 1 amide bonds. The van der Waals surface area contributed by atoms with Crippen molar-refractivity contribution < 1.29 is 4.79 Å². The highest BCUT2D eigenvalue weighted by atomic mass is 16.2. The van der Waals surface area contributed by atoms with Gasteiger partial charge < -0.3 is 9.88 Å². The summed E-state index contributed by atoms with van der Waals surface area (Å²) in [5, 5.41) is 0. The van der Waals surface area contributed by atoms with E-state index in [0.29, 0.717) is 18.2 Å². The van der Waals surface area contributed by atoms with Gasteiger partial charge in [0.1, 0.15) is 0 Å². The number of hydrogen-bond acceptors (Lipinski definition) is 2. The van der Waals surface area contributed by atoms with Crippen LogP contribution < -0.4 is 5.56 Å². The van der Waals surface area contributed by atoms with Gasteiger partial charge >= 0.3 is 0 Å².